The molecular formula is C17H18N6O3S. The molecular weight excluding hydrogens is 368 g/mol. The summed E-state index contributed by atoms with van der Waals surface area (Å²) < 4.78 is 5.36. The summed E-state index contributed by atoms with van der Waals surface area (Å²) in [4.78, 5) is 27.6. The van der Waals surface area contributed by atoms with Gasteiger partial charge in [0, 0.05) is 31.0 Å². The van der Waals surface area contributed by atoms with E-state index in [0.29, 0.717) is 53.3 Å². The van der Waals surface area contributed by atoms with Crippen LogP contribution in [0.1, 0.15) is 18.5 Å². The van der Waals surface area contributed by atoms with Crippen LogP contribution >= 0.6 is 11.3 Å². The molecule has 1 aliphatic rings. The molecule has 140 valence electrons. The molecule has 0 spiro atoms. The monoisotopic (exact) mass is 386 g/mol. The summed E-state index contributed by atoms with van der Waals surface area (Å²) in [6, 6.07) is 3.43. The van der Waals surface area contributed by atoms with Crippen molar-refractivity contribution < 1.29 is 14.4 Å². The number of urea groups is 1. The van der Waals surface area contributed by atoms with Gasteiger partial charge in [0.1, 0.15) is 4.88 Å². The third kappa shape index (κ3) is 3.81. The summed E-state index contributed by atoms with van der Waals surface area (Å²) in [6.45, 7) is 2.89. The van der Waals surface area contributed by atoms with Gasteiger partial charge in [0.05, 0.1) is 11.8 Å². The van der Waals surface area contributed by atoms with E-state index in [1.54, 1.807) is 23.4 Å². The van der Waals surface area contributed by atoms with Crippen LogP contribution in [0.15, 0.2) is 29.0 Å². The summed E-state index contributed by atoms with van der Waals surface area (Å²) in [5.74, 6) is 0.800. The number of likely N-dealkylation sites (tertiary alicyclic amines) is 1. The van der Waals surface area contributed by atoms with Crippen LogP contribution in [-0.2, 0) is 0 Å². The normalized spacial score (nSPS) is 15.1. The highest BCUT2D eigenvalue weighted by Crippen LogP contribution is 2.33. The van der Waals surface area contributed by atoms with E-state index in [1.165, 1.54) is 11.3 Å². The number of carbonyl (C=O) groups excluding carboxylic acids is 1. The molecule has 3 aromatic rings. The Morgan fingerprint density at radius 1 is 1.37 bits per heavy atom. The number of aromatic nitrogens is 4. The Morgan fingerprint density at radius 3 is 2.93 bits per heavy atom. The van der Waals surface area contributed by atoms with Gasteiger partial charge in [-0.15, -0.1) is 0 Å². The second-order valence-electron chi connectivity index (χ2n) is 6.25. The maximum atomic E-state index is 12.4. The molecule has 0 bridgehead atoms. The standard InChI is InChI=1S/C17H18N6O3S/c1-10-13(15-20-14(22-26-15)11-3-2-6-18-9-11)27-16(19-10)21-17(25)23-7-4-12(24)5-8-23/h2-3,6,9,12,24H,4-5,7-8H2,1H3,(H,19,21,25). The van der Waals surface area contributed by atoms with Gasteiger partial charge in [-0.3, -0.25) is 10.3 Å². The Labute approximate surface area is 159 Å². The fourth-order valence-electron chi connectivity index (χ4n) is 2.82. The van der Waals surface area contributed by atoms with Crippen LogP contribution in [0.4, 0.5) is 9.93 Å². The zero-order valence-corrected chi connectivity index (χ0v) is 15.4. The Hall–Kier alpha value is -2.85. The quantitative estimate of drug-likeness (QED) is 0.710. The van der Waals surface area contributed by atoms with Crippen LogP contribution in [0.3, 0.4) is 0 Å². The van der Waals surface area contributed by atoms with E-state index >= 15 is 0 Å². The molecule has 9 nitrogen and oxygen atoms in total. The summed E-state index contributed by atoms with van der Waals surface area (Å²) in [6.07, 6.45) is 4.20. The largest absolute Gasteiger partial charge is 0.393 e. The number of hydrogen-bond acceptors (Lipinski definition) is 8. The second kappa shape index (κ2) is 7.41. The van der Waals surface area contributed by atoms with Gasteiger partial charge in [-0.1, -0.05) is 16.5 Å². The van der Waals surface area contributed by atoms with Gasteiger partial charge >= 0.3 is 6.03 Å². The average molecular weight is 386 g/mol. The number of nitrogens with zero attached hydrogens (tertiary/aromatic N) is 5. The van der Waals surface area contributed by atoms with E-state index in [2.05, 4.69) is 25.4 Å². The van der Waals surface area contributed by atoms with E-state index in [-0.39, 0.29) is 12.1 Å². The minimum atomic E-state index is -0.325. The highest BCUT2D eigenvalue weighted by molar-refractivity contribution is 7.19. The summed E-state index contributed by atoms with van der Waals surface area (Å²) in [7, 11) is 0. The van der Waals surface area contributed by atoms with Gasteiger partial charge in [-0.25, -0.2) is 9.78 Å². The number of rotatable bonds is 3. The first-order chi connectivity index (χ1) is 13.1. The highest BCUT2D eigenvalue weighted by Gasteiger charge is 2.23. The molecule has 27 heavy (non-hydrogen) atoms. The predicted octanol–water partition coefficient (Wildman–Crippen LogP) is 2.55. The van der Waals surface area contributed by atoms with Gasteiger partial charge in [0.25, 0.3) is 5.89 Å². The molecule has 10 heteroatoms. The Bertz CT molecular complexity index is 933. The smallest absolute Gasteiger partial charge is 0.323 e. The fraction of sp³-hybridized carbons (Fsp3) is 0.353. The lowest BCUT2D eigenvalue weighted by Gasteiger charge is -2.29. The molecule has 1 aliphatic heterocycles. The van der Waals surface area contributed by atoms with Crippen molar-refractivity contribution in [2.75, 3.05) is 18.4 Å². The van der Waals surface area contributed by atoms with Crippen molar-refractivity contribution in [3.63, 3.8) is 0 Å². The molecule has 0 unspecified atom stereocenters. The van der Waals surface area contributed by atoms with E-state index in [4.69, 9.17) is 4.52 Å². The van der Waals surface area contributed by atoms with Crippen LogP contribution in [-0.4, -0.2) is 55.3 Å². The van der Waals surface area contributed by atoms with Crippen molar-refractivity contribution in [1.29, 1.82) is 0 Å². The number of hydrogen-bond donors (Lipinski definition) is 2. The first-order valence-corrected chi connectivity index (χ1v) is 9.37. The van der Waals surface area contributed by atoms with Gasteiger partial charge in [-0.2, -0.15) is 4.98 Å². The maximum Gasteiger partial charge on any atom is 0.323 e. The summed E-state index contributed by atoms with van der Waals surface area (Å²) >= 11 is 1.28. The number of carbonyl (C=O) groups is 1. The van der Waals surface area contributed by atoms with Crippen LogP contribution in [0.2, 0.25) is 0 Å². The topological polar surface area (TPSA) is 117 Å². The molecule has 2 N–H and O–H groups in total. The third-order valence-electron chi connectivity index (χ3n) is 4.30. The van der Waals surface area contributed by atoms with Crippen molar-refractivity contribution in [2.45, 2.75) is 25.9 Å². The van der Waals surface area contributed by atoms with E-state index in [0.717, 1.165) is 5.56 Å². The molecule has 4 heterocycles. The van der Waals surface area contributed by atoms with Crippen LogP contribution < -0.4 is 5.32 Å². The molecule has 0 radical (unpaired) electrons. The SMILES string of the molecule is Cc1nc(NC(=O)N2CCC(O)CC2)sc1-c1nc(-c2cccnc2)no1. The molecule has 1 fully saturated rings. The maximum absolute atomic E-state index is 12.4. The first-order valence-electron chi connectivity index (χ1n) is 8.56. The number of amides is 2. The van der Waals surface area contributed by atoms with Crippen molar-refractivity contribution in [3.05, 3.63) is 30.2 Å². The lowest BCUT2D eigenvalue weighted by Crippen LogP contribution is -2.42. The zero-order valence-electron chi connectivity index (χ0n) is 14.6. The Kier molecular flexibility index (Phi) is 4.82. The molecule has 4 rings (SSSR count). The van der Waals surface area contributed by atoms with Gasteiger partial charge < -0.3 is 14.5 Å². The number of pyridine rings is 1. The van der Waals surface area contributed by atoms with Crippen molar-refractivity contribution >= 4 is 22.5 Å². The zero-order chi connectivity index (χ0) is 18.8. The number of piperidine rings is 1. The van der Waals surface area contributed by atoms with E-state index in [1.807, 2.05) is 13.0 Å². The third-order valence-corrected chi connectivity index (χ3v) is 5.36. The van der Waals surface area contributed by atoms with Gasteiger partial charge in [-0.05, 0) is 31.9 Å². The number of aliphatic hydroxyl groups is 1. The van der Waals surface area contributed by atoms with Crippen LogP contribution in [0, 0.1) is 6.92 Å². The molecule has 0 atom stereocenters. The van der Waals surface area contributed by atoms with E-state index < -0.39 is 0 Å². The van der Waals surface area contributed by atoms with E-state index in [9.17, 15) is 9.90 Å². The predicted molar refractivity (Wildman–Crippen MR) is 99.2 cm³/mol. The Balaban J connectivity index is 1.49. The summed E-state index contributed by atoms with van der Waals surface area (Å²) in [5, 5.41) is 16.8. The molecule has 1 saturated heterocycles. The minimum Gasteiger partial charge on any atom is -0.393 e. The molecule has 0 aromatic carbocycles. The van der Waals surface area contributed by atoms with Crippen molar-refractivity contribution in [2.24, 2.45) is 0 Å². The summed E-state index contributed by atoms with van der Waals surface area (Å²) in [5.41, 5.74) is 1.46. The van der Waals surface area contributed by atoms with Crippen LogP contribution in [0.25, 0.3) is 22.2 Å². The van der Waals surface area contributed by atoms with Crippen molar-refractivity contribution in [1.82, 2.24) is 25.0 Å². The molecule has 2 amide bonds. The number of anilines is 1. The first kappa shape index (κ1) is 17.6. The van der Waals surface area contributed by atoms with Gasteiger partial charge in [0.15, 0.2) is 5.13 Å². The number of aryl methyl sites for hydroxylation is 1. The van der Waals surface area contributed by atoms with Crippen molar-refractivity contribution in [3.8, 4) is 22.2 Å². The van der Waals surface area contributed by atoms with Crippen LogP contribution in [0.5, 0.6) is 0 Å². The lowest BCUT2D eigenvalue weighted by molar-refractivity contribution is 0.0972. The fourth-order valence-corrected chi connectivity index (χ4v) is 3.69. The number of aliphatic hydroxyl groups excluding tert-OH is 1. The molecule has 0 saturated carbocycles. The number of thiazole rings is 1. The number of nitrogens with one attached hydrogen (secondary N) is 1. The average Bonchev–Trinajstić information content (AvgIpc) is 3.29. The molecule has 0 aliphatic carbocycles. The molecule has 3 aromatic heterocycles. The van der Waals surface area contributed by atoms with Gasteiger partial charge in [0.2, 0.25) is 5.82 Å². The Morgan fingerprint density at radius 2 is 2.19 bits per heavy atom. The highest BCUT2D eigenvalue weighted by atomic mass is 32.1. The second-order valence-corrected chi connectivity index (χ2v) is 7.25. The lowest BCUT2D eigenvalue weighted by atomic mass is 10.1. The minimum absolute atomic E-state index is 0.219.